The van der Waals surface area contributed by atoms with Crippen molar-refractivity contribution in [1.29, 1.82) is 0 Å². The summed E-state index contributed by atoms with van der Waals surface area (Å²) >= 11 is 0. The maximum atomic E-state index is 5.84. The van der Waals surface area contributed by atoms with Gasteiger partial charge in [0, 0.05) is 0 Å². The molecule has 0 fully saturated rings. The van der Waals surface area contributed by atoms with Crippen molar-refractivity contribution in [3.05, 3.63) is 34.9 Å². The molecule has 1 nitrogen and oxygen atoms in total. The van der Waals surface area contributed by atoms with Gasteiger partial charge in [-0.1, -0.05) is 59.2 Å². The van der Waals surface area contributed by atoms with Gasteiger partial charge >= 0.3 is 0 Å². The van der Waals surface area contributed by atoms with Crippen LogP contribution in [0.3, 0.4) is 0 Å². The molecule has 0 saturated carbocycles. The summed E-state index contributed by atoms with van der Waals surface area (Å²) < 4.78 is 5.84. The zero-order valence-corrected chi connectivity index (χ0v) is 14.8. The van der Waals surface area contributed by atoms with Crippen LogP contribution < -0.4 is 0 Å². The Morgan fingerprint density at radius 2 is 1.67 bits per heavy atom. The minimum absolute atomic E-state index is 0.303. The smallest absolute Gasteiger partial charge is 0.146 e. The second-order valence-electron chi connectivity index (χ2n) is 5.67. The Balaban J connectivity index is 3.29. The Labute approximate surface area is 115 Å². The summed E-state index contributed by atoms with van der Waals surface area (Å²) in [5, 5.41) is 0. The van der Waals surface area contributed by atoms with E-state index >= 15 is 0 Å². The lowest BCUT2D eigenvalue weighted by atomic mass is 9.84. The van der Waals surface area contributed by atoms with Crippen LogP contribution in [-0.2, 0) is 4.43 Å². The van der Waals surface area contributed by atoms with Gasteiger partial charge in [0.15, 0.2) is 0 Å². The highest BCUT2D eigenvalue weighted by atomic mass is 28.2. The first-order chi connectivity index (χ1) is 8.52. The number of rotatable bonds is 6. The zero-order valence-electron chi connectivity index (χ0n) is 12.8. The first kappa shape index (κ1) is 15.5. The molecule has 0 N–H and O–H groups in total. The first-order valence-electron chi connectivity index (χ1n) is 7.18. The first-order valence-corrected chi connectivity index (χ1v) is 8.00. The van der Waals surface area contributed by atoms with E-state index in [2.05, 4.69) is 52.8 Å². The van der Waals surface area contributed by atoms with Crippen LogP contribution in [0, 0.1) is 0 Å². The summed E-state index contributed by atoms with van der Waals surface area (Å²) in [6.45, 7) is 11.4. The molecule has 1 rings (SSSR count). The van der Waals surface area contributed by atoms with E-state index in [0.717, 1.165) is 16.9 Å². The molecule has 102 valence electrons. The molecule has 1 aromatic carbocycles. The summed E-state index contributed by atoms with van der Waals surface area (Å²) in [5.41, 5.74) is 4.43. The Bertz CT molecular complexity index is 371. The highest BCUT2D eigenvalue weighted by molar-refractivity contribution is 5.98. The summed E-state index contributed by atoms with van der Waals surface area (Å²) in [5.74, 6) is 1.15. The summed E-state index contributed by atoms with van der Waals surface area (Å²) in [6.07, 6.45) is 2.61. The standard InChI is InChI=1S/C16H28OSi/c1-6-8-15(17-18)14-10-7-9-13(11(2)3)16(14)12(4)5/h7,9-12,15H,6,8H2,1-5,18H3. The molecular formula is C16H28OSi. The van der Waals surface area contributed by atoms with Crippen LogP contribution in [0.2, 0.25) is 0 Å². The molecule has 18 heavy (non-hydrogen) atoms. The molecule has 2 heteroatoms. The van der Waals surface area contributed by atoms with Crippen molar-refractivity contribution in [2.45, 2.75) is 65.4 Å². The molecular weight excluding hydrogens is 236 g/mol. The third-order valence-electron chi connectivity index (χ3n) is 3.56. The van der Waals surface area contributed by atoms with Crippen molar-refractivity contribution in [2.75, 3.05) is 0 Å². The van der Waals surface area contributed by atoms with Crippen LogP contribution in [-0.4, -0.2) is 10.5 Å². The van der Waals surface area contributed by atoms with Gasteiger partial charge < -0.3 is 4.43 Å². The number of hydrogen-bond donors (Lipinski definition) is 0. The third kappa shape index (κ3) is 3.45. The predicted molar refractivity (Wildman–Crippen MR) is 83.3 cm³/mol. The Morgan fingerprint density at radius 1 is 1.06 bits per heavy atom. The van der Waals surface area contributed by atoms with Gasteiger partial charge in [-0.25, -0.2) is 0 Å². The molecule has 0 amide bonds. The van der Waals surface area contributed by atoms with Crippen molar-refractivity contribution < 1.29 is 4.43 Å². The maximum Gasteiger partial charge on any atom is 0.146 e. The van der Waals surface area contributed by atoms with Gasteiger partial charge in [-0.15, -0.1) is 0 Å². The minimum Gasteiger partial charge on any atom is -0.421 e. The van der Waals surface area contributed by atoms with Gasteiger partial charge in [-0.3, -0.25) is 0 Å². The van der Waals surface area contributed by atoms with Crippen LogP contribution >= 0.6 is 0 Å². The van der Waals surface area contributed by atoms with Crippen molar-refractivity contribution in [1.82, 2.24) is 0 Å². The van der Waals surface area contributed by atoms with E-state index < -0.39 is 0 Å². The van der Waals surface area contributed by atoms with Crippen molar-refractivity contribution in [3.8, 4) is 0 Å². The Morgan fingerprint density at radius 3 is 2.11 bits per heavy atom. The van der Waals surface area contributed by atoms with E-state index in [-0.39, 0.29) is 0 Å². The van der Waals surface area contributed by atoms with Crippen LogP contribution in [0.25, 0.3) is 0 Å². The van der Waals surface area contributed by atoms with E-state index in [1.165, 1.54) is 23.1 Å². The Kier molecular flexibility index (Phi) is 6.10. The lowest BCUT2D eigenvalue weighted by Gasteiger charge is -2.25. The van der Waals surface area contributed by atoms with Crippen molar-refractivity contribution >= 4 is 10.5 Å². The number of hydrogen-bond acceptors (Lipinski definition) is 1. The van der Waals surface area contributed by atoms with Crippen LogP contribution in [0.15, 0.2) is 18.2 Å². The lowest BCUT2D eigenvalue weighted by Crippen LogP contribution is -2.10. The zero-order chi connectivity index (χ0) is 13.7. The monoisotopic (exact) mass is 264 g/mol. The normalized spacial score (nSPS) is 13.5. The van der Waals surface area contributed by atoms with Gasteiger partial charge in [0.05, 0.1) is 6.10 Å². The third-order valence-corrected chi connectivity index (χ3v) is 4.12. The van der Waals surface area contributed by atoms with Crippen LogP contribution in [0.1, 0.15) is 82.1 Å². The van der Waals surface area contributed by atoms with Crippen LogP contribution in [0.4, 0.5) is 0 Å². The topological polar surface area (TPSA) is 9.23 Å². The van der Waals surface area contributed by atoms with Crippen LogP contribution in [0.5, 0.6) is 0 Å². The predicted octanol–water partition coefficient (Wildman–Crippen LogP) is 4.07. The van der Waals surface area contributed by atoms with Gasteiger partial charge in [0.1, 0.15) is 10.5 Å². The van der Waals surface area contributed by atoms with Crippen molar-refractivity contribution in [3.63, 3.8) is 0 Å². The van der Waals surface area contributed by atoms with Gasteiger partial charge in [-0.2, -0.15) is 0 Å². The average molecular weight is 264 g/mol. The second kappa shape index (κ2) is 7.10. The molecule has 0 spiro atoms. The van der Waals surface area contributed by atoms with E-state index in [1.807, 2.05) is 0 Å². The average Bonchev–Trinajstić information content (AvgIpc) is 2.34. The van der Waals surface area contributed by atoms with Crippen molar-refractivity contribution in [2.24, 2.45) is 0 Å². The molecule has 0 heterocycles. The van der Waals surface area contributed by atoms with Gasteiger partial charge in [0.2, 0.25) is 0 Å². The summed E-state index contributed by atoms with van der Waals surface area (Å²) in [6, 6.07) is 6.73. The molecule has 0 aromatic heterocycles. The molecule has 1 unspecified atom stereocenters. The number of benzene rings is 1. The molecule has 0 radical (unpaired) electrons. The summed E-state index contributed by atoms with van der Waals surface area (Å²) in [7, 11) is 0.809. The van der Waals surface area contributed by atoms with E-state index in [9.17, 15) is 0 Å². The molecule has 0 aliphatic rings. The molecule has 0 saturated heterocycles. The molecule has 0 aliphatic carbocycles. The SMILES string of the molecule is CCCC(O[SiH3])c1cccc(C(C)C)c1C(C)C. The van der Waals surface area contributed by atoms with Gasteiger partial charge in [-0.05, 0) is 34.9 Å². The fourth-order valence-electron chi connectivity index (χ4n) is 2.72. The molecule has 0 bridgehead atoms. The maximum absolute atomic E-state index is 5.84. The highest BCUT2D eigenvalue weighted by Crippen LogP contribution is 2.35. The summed E-state index contributed by atoms with van der Waals surface area (Å²) in [4.78, 5) is 0. The van der Waals surface area contributed by atoms with Gasteiger partial charge in [0.25, 0.3) is 0 Å². The molecule has 0 aliphatic heterocycles. The second-order valence-corrected chi connectivity index (χ2v) is 6.14. The molecule has 1 atom stereocenters. The Hall–Kier alpha value is -0.603. The van der Waals surface area contributed by atoms with E-state index in [0.29, 0.717) is 17.9 Å². The fourth-order valence-corrected chi connectivity index (χ4v) is 3.20. The minimum atomic E-state index is 0.303. The van der Waals surface area contributed by atoms with E-state index in [4.69, 9.17) is 4.43 Å². The highest BCUT2D eigenvalue weighted by Gasteiger charge is 2.19. The molecule has 1 aromatic rings. The largest absolute Gasteiger partial charge is 0.421 e. The van der Waals surface area contributed by atoms with E-state index in [1.54, 1.807) is 0 Å². The quantitative estimate of drug-likeness (QED) is 0.704. The fraction of sp³-hybridized carbons (Fsp3) is 0.625. The lowest BCUT2D eigenvalue weighted by molar-refractivity contribution is 0.212.